The number of likely N-dealkylation sites (N-methyl/N-ethyl adjacent to an activating group) is 6. The quantitative estimate of drug-likeness (QED) is 0.0555. The van der Waals surface area contributed by atoms with Gasteiger partial charge in [0.25, 0.3) is 0 Å². The number of benzene rings is 8. The van der Waals surface area contributed by atoms with E-state index in [4.69, 9.17) is 9.84 Å². The molecule has 16 rings (SSSR count). The molecule has 8 heterocycles. The molecule has 10 aromatic rings. The van der Waals surface area contributed by atoms with Crippen LogP contribution in [0.3, 0.4) is 0 Å². The Morgan fingerprint density at radius 2 is 0.539 bits per heavy atom. The molecule has 740 valence electrons. The summed E-state index contributed by atoms with van der Waals surface area (Å²) in [5, 5.41) is 8.86. The first-order valence-electron chi connectivity index (χ1n) is 47.9. The van der Waals surface area contributed by atoms with Crippen LogP contribution in [0.15, 0.2) is 286 Å². The summed E-state index contributed by atoms with van der Waals surface area (Å²) in [5.74, 6) is -0.133. The van der Waals surface area contributed by atoms with Gasteiger partial charge in [0, 0.05) is 140 Å². The van der Waals surface area contributed by atoms with Crippen molar-refractivity contribution in [1.29, 1.82) is 0 Å². The van der Waals surface area contributed by atoms with Gasteiger partial charge in [0.2, 0.25) is 70.9 Å². The Morgan fingerprint density at radius 1 is 0.305 bits per heavy atom. The molecule has 6 aliphatic heterocycles. The van der Waals surface area contributed by atoms with Gasteiger partial charge in [-0.3, -0.25) is 72.3 Å². The van der Waals surface area contributed by atoms with Gasteiger partial charge in [-0.25, -0.2) is 0 Å². The molecule has 0 bridgehead atoms. The van der Waals surface area contributed by atoms with Gasteiger partial charge in [0.15, 0.2) is 0 Å². The highest BCUT2D eigenvalue weighted by molar-refractivity contribution is 5.96. The van der Waals surface area contributed by atoms with E-state index in [1.165, 1.54) is 27.7 Å². The molecular weight excluding hydrogens is 1780 g/mol. The lowest BCUT2D eigenvalue weighted by Gasteiger charge is -2.30. The summed E-state index contributed by atoms with van der Waals surface area (Å²) in [5.41, 5.74) is 9.53. The highest BCUT2D eigenvalue weighted by atomic mass is 16.5. The lowest BCUT2D eigenvalue weighted by molar-refractivity contribution is -0.139. The molecule has 1 N–H and O–H groups in total. The van der Waals surface area contributed by atoms with Gasteiger partial charge in [-0.2, -0.15) is 0 Å². The maximum absolute atomic E-state index is 13.0. The summed E-state index contributed by atoms with van der Waals surface area (Å²) in [6, 6.07) is 80.1. The lowest BCUT2D eigenvalue weighted by atomic mass is 10.0. The van der Waals surface area contributed by atoms with E-state index in [2.05, 4.69) is 37.7 Å². The number of carboxylic acids is 1. The largest absolute Gasteiger partial charge is 0.497 e. The average molecular weight is 1910 g/mol. The second-order valence-corrected chi connectivity index (χ2v) is 36.9. The summed E-state index contributed by atoms with van der Waals surface area (Å²) >= 11 is 0. The Bertz CT molecular complexity index is 5740. The number of carboxylic acid groups (broad SMARTS) is 1. The van der Waals surface area contributed by atoms with Crippen molar-refractivity contribution in [3.05, 3.63) is 341 Å². The molecule has 0 saturated carbocycles. The highest BCUT2D eigenvalue weighted by Gasteiger charge is 2.53. The van der Waals surface area contributed by atoms with E-state index >= 15 is 0 Å². The summed E-state index contributed by atoms with van der Waals surface area (Å²) in [6.45, 7) is 16.4. The molecule has 12 amide bonds. The van der Waals surface area contributed by atoms with Crippen LogP contribution in [0.5, 0.6) is 5.75 Å². The zero-order chi connectivity index (χ0) is 102. The van der Waals surface area contributed by atoms with Crippen molar-refractivity contribution in [2.45, 2.75) is 206 Å². The first-order chi connectivity index (χ1) is 67.6. The van der Waals surface area contributed by atoms with Gasteiger partial charge in [-0.15, -0.1) is 0 Å². The van der Waals surface area contributed by atoms with E-state index in [9.17, 15) is 62.3 Å². The monoisotopic (exact) mass is 1910 g/mol. The SMILES string of the molecule is CC(=O)N1C(c2ccccc2)N(C)C(=O)[C@H]1CC(C)C.CC(=O)N1C(c2ccccc2)N(C)C(=O)[C@H]1Cc1ccccc1.CC(=O)N1C(c2ccccc2)N(C)C(=O)[C@H]1Cc1cccnc1.CCCC(=O)N1C(c2ccccc2)N(C)C(=O)[C@H]1Cc1ccccc1.CN1C(=O)[C@@H](Cc2cccnc2)N(C(=O)CCCC(=O)O)C1c1ccccc1.COc1ccc(C2N(C)C(=O)[C@@H](CC(C)C)N2C(C)=O)cc1. The number of hydrogen-bond donors (Lipinski definition) is 1. The van der Waals surface area contributed by atoms with Crippen molar-refractivity contribution >= 4 is 76.9 Å². The molecule has 0 radical (unpaired) electrons. The van der Waals surface area contributed by atoms with E-state index in [0.29, 0.717) is 56.8 Å². The van der Waals surface area contributed by atoms with Gasteiger partial charge >= 0.3 is 5.97 Å². The number of aliphatic carboxylic acids is 1. The maximum Gasteiger partial charge on any atom is 0.303 e. The predicted molar refractivity (Wildman–Crippen MR) is 536 cm³/mol. The summed E-state index contributed by atoms with van der Waals surface area (Å²) in [4.78, 5) is 190. The number of aromatic nitrogens is 2. The van der Waals surface area contributed by atoms with Crippen molar-refractivity contribution in [3.63, 3.8) is 0 Å². The number of ether oxygens (including phenoxy) is 1. The predicted octanol–water partition coefficient (Wildman–Crippen LogP) is 15.1. The third kappa shape index (κ3) is 25.9. The number of rotatable bonds is 25. The van der Waals surface area contributed by atoms with Crippen LogP contribution < -0.4 is 4.74 Å². The maximum atomic E-state index is 13.0. The molecule has 141 heavy (non-hydrogen) atoms. The van der Waals surface area contributed by atoms with Gasteiger partial charge in [0.1, 0.15) is 79.0 Å². The number of nitrogens with zero attached hydrogens (tertiary/aromatic N) is 14. The summed E-state index contributed by atoms with van der Waals surface area (Å²) in [7, 11) is 12.1. The summed E-state index contributed by atoms with van der Waals surface area (Å²) < 4.78 is 5.17. The van der Waals surface area contributed by atoms with Gasteiger partial charge < -0.3 is 68.6 Å². The number of pyridine rings is 2. The minimum atomic E-state index is -0.936. The Labute approximate surface area is 827 Å². The van der Waals surface area contributed by atoms with Crippen molar-refractivity contribution in [2.75, 3.05) is 49.4 Å². The fourth-order valence-electron chi connectivity index (χ4n) is 19.5. The molecular formula is C112H132N14O15. The van der Waals surface area contributed by atoms with Crippen LogP contribution in [0, 0.1) is 11.8 Å². The van der Waals surface area contributed by atoms with Crippen LogP contribution in [0.4, 0.5) is 0 Å². The van der Waals surface area contributed by atoms with Crippen LogP contribution in [-0.2, 0) is 88.0 Å². The van der Waals surface area contributed by atoms with Crippen molar-refractivity contribution < 1.29 is 72.2 Å². The topological polar surface area (TPSA) is 316 Å². The third-order valence-corrected chi connectivity index (χ3v) is 26.0. The van der Waals surface area contributed by atoms with E-state index < -0.39 is 36.3 Å². The van der Waals surface area contributed by atoms with E-state index in [-0.39, 0.29) is 133 Å². The first kappa shape index (κ1) is 106. The fraction of sp³-hybridized carbons (Fsp3) is 0.366. The van der Waals surface area contributed by atoms with E-state index in [0.717, 1.165) is 67.8 Å². The molecule has 8 aromatic carbocycles. The highest BCUT2D eigenvalue weighted by Crippen LogP contribution is 2.43. The van der Waals surface area contributed by atoms with Crippen molar-refractivity contribution in [3.8, 4) is 5.75 Å². The van der Waals surface area contributed by atoms with Crippen molar-refractivity contribution in [2.24, 2.45) is 11.8 Å². The number of carbonyl (C=O) groups is 13. The van der Waals surface area contributed by atoms with E-state index in [1.54, 1.807) is 139 Å². The normalized spacial score (nSPS) is 20.8. The molecule has 2 aromatic heterocycles. The zero-order valence-electron chi connectivity index (χ0n) is 83.4. The molecule has 6 fully saturated rings. The van der Waals surface area contributed by atoms with Crippen LogP contribution >= 0.6 is 0 Å². The van der Waals surface area contributed by atoms with Gasteiger partial charge in [0.05, 0.1) is 7.11 Å². The number of carbonyl (C=O) groups excluding carboxylic acids is 12. The third-order valence-electron chi connectivity index (χ3n) is 26.0. The second-order valence-electron chi connectivity index (χ2n) is 36.9. The molecule has 6 aliphatic rings. The Hall–Kier alpha value is -15.0. The average Bonchev–Trinajstić information content (AvgIpc) is 1.64. The minimum Gasteiger partial charge on any atom is -0.497 e. The van der Waals surface area contributed by atoms with Crippen LogP contribution in [0.25, 0.3) is 0 Å². The molecule has 0 aliphatic carbocycles. The Balaban J connectivity index is 0.000000162. The van der Waals surface area contributed by atoms with Crippen molar-refractivity contribution in [1.82, 2.24) is 68.8 Å². The number of amides is 12. The second kappa shape index (κ2) is 50.0. The zero-order valence-corrected chi connectivity index (χ0v) is 83.4. The van der Waals surface area contributed by atoms with Crippen LogP contribution in [0.1, 0.15) is 200 Å². The molecule has 6 saturated heterocycles. The molecule has 29 nitrogen and oxygen atoms in total. The molecule has 12 atom stereocenters. The minimum absolute atomic E-state index is 0.00200. The molecule has 6 unspecified atom stereocenters. The lowest BCUT2D eigenvalue weighted by Crippen LogP contribution is -2.41. The first-order valence-corrected chi connectivity index (χ1v) is 47.9. The Kier molecular flexibility index (Phi) is 37.7. The number of methoxy groups -OCH3 is 1. The smallest absolute Gasteiger partial charge is 0.303 e. The standard InChI is InChI=1S/C21H23N3O4.C21H24N2O2.C19H20N2O2.C18H19N3O2.C17H24N2O3.C16H22N2O2/c1-23-20(16-8-3-2-4-9-16)24(18(25)10-5-11-19(26)27)17(21(23)28)13-15-7-6-12-22-14-15;1-3-10-19(24)23-18(15-16-11-6-4-7-12-16)21(25)22(2)20(23)17-13-8-5-9-14-17;1-14(22)21-17(13-15-9-5-3-6-10-15)19(23)20(2)18(21)16-11-7-4-8-12-16;1-13(22)21-16(11-14-7-6-10-19-12-14)18(23)20(2)17(21)15-8-4-3-5-9-15;1-11(2)10-15-17(21)18(4)16(19(15)12(3)20)13-6-8-14(22-5)9-7-13;1-11(2)10-14-16(20)17(4)15(18(14)12(3)19)13-8-6-5-7-9-13/h2-4,6-9,12,14,17,20H,5,10-11,13H2,1H3,(H,26,27);4-9,11-14,18,20H,3,10,15H2,1-2H3;3-12,17-18H,13H2,1-2H3;3-10,12,16-17H,11H2,1-2H3;6-9,11,15-16H,10H2,1-5H3;5-9,11,14-15H,10H2,1-4H3/t17-,20?;18-,20?;17-,18?;16-,17?;15-,16?;14-,15?/m111111/s1. The fourth-order valence-corrected chi connectivity index (χ4v) is 19.5. The van der Waals surface area contributed by atoms with Crippen LogP contribution in [0.2, 0.25) is 0 Å². The summed E-state index contributed by atoms with van der Waals surface area (Å²) in [6.07, 6.45) is 9.38. The van der Waals surface area contributed by atoms with Gasteiger partial charge in [-0.1, -0.05) is 271 Å². The molecule has 29 heteroatoms. The van der Waals surface area contributed by atoms with E-state index in [1.807, 2.05) is 262 Å². The van der Waals surface area contributed by atoms with Crippen LogP contribution in [-0.4, -0.2) is 236 Å². The van der Waals surface area contributed by atoms with Gasteiger partial charge in [-0.05, 0) is 117 Å². The number of hydrogen-bond acceptors (Lipinski definition) is 16. The molecule has 0 spiro atoms. The Morgan fingerprint density at radius 3 is 0.787 bits per heavy atom.